The lowest BCUT2D eigenvalue weighted by atomic mass is 10.2. The fraction of sp³-hybridized carbons (Fsp3) is 0.188. The van der Waals surface area contributed by atoms with Gasteiger partial charge in [-0.15, -0.1) is 0 Å². The summed E-state index contributed by atoms with van der Waals surface area (Å²) in [4.78, 5) is 11.9. The highest BCUT2D eigenvalue weighted by Gasteiger charge is 2.09. The molecule has 0 aromatic heterocycles. The number of halogens is 2. The Morgan fingerprint density at radius 2 is 2.00 bits per heavy atom. The van der Waals surface area contributed by atoms with Crippen molar-refractivity contribution in [1.29, 1.82) is 0 Å². The number of methoxy groups -OCH3 is 1. The Labute approximate surface area is 133 Å². The number of benzene rings is 2. The lowest BCUT2D eigenvalue weighted by Crippen LogP contribution is -2.22. The molecule has 0 fully saturated rings. The monoisotopic (exact) mass is 322 g/mol. The van der Waals surface area contributed by atoms with E-state index in [0.717, 1.165) is 5.56 Å². The number of ether oxygens (including phenoxy) is 1. The van der Waals surface area contributed by atoms with Gasteiger partial charge >= 0.3 is 0 Å². The van der Waals surface area contributed by atoms with E-state index in [1.165, 1.54) is 18.2 Å². The van der Waals surface area contributed by atoms with Crippen molar-refractivity contribution in [2.75, 3.05) is 24.3 Å². The van der Waals surface area contributed by atoms with Gasteiger partial charge in [-0.25, -0.2) is 4.39 Å². The maximum atomic E-state index is 13.6. The average Bonchev–Trinajstić information content (AvgIpc) is 2.49. The van der Waals surface area contributed by atoms with E-state index in [2.05, 4.69) is 10.6 Å². The van der Waals surface area contributed by atoms with Crippen LogP contribution in [0.5, 0.6) is 5.75 Å². The van der Waals surface area contributed by atoms with E-state index >= 15 is 0 Å². The lowest BCUT2D eigenvalue weighted by molar-refractivity contribution is -0.114. The largest absolute Gasteiger partial charge is 0.495 e. The molecule has 0 aliphatic carbocycles. The minimum absolute atomic E-state index is 0.0221. The number of hydrogen-bond acceptors (Lipinski definition) is 3. The van der Waals surface area contributed by atoms with Crippen molar-refractivity contribution < 1.29 is 13.9 Å². The third-order valence-corrected chi connectivity index (χ3v) is 3.23. The van der Waals surface area contributed by atoms with Crippen LogP contribution < -0.4 is 15.4 Å². The molecule has 0 unspecified atom stereocenters. The smallest absolute Gasteiger partial charge is 0.243 e. The maximum Gasteiger partial charge on any atom is 0.243 e. The van der Waals surface area contributed by atoms with Crippen molar-refractivity contribution in [1.82, 2.24) is 0 Å². The zero-order valence-electron chi connectivity index (χ0n) is 12.2. The minimum atomic E-state index is -0.536. The Kier molecular flexibility index (Phi) is 5.22. The first-order chi connectivity index (χ1) is 10.5. The highest BCUT2D eigenvalue weighted by molar-refractivity contribution is 6.30. The van der Waals surface area contributed by atoms with Crippen LogP contribution >= 0.6 is 11.6 Å². The van der Waals surface area contributed by atoms with Gasteiger partial charge < -0.3 is 15.4 Å². The van der Waals surface area contributed by atoms with Gasteiger partial charge in [-0.1, -0.05) is 17.7 Å². The summed E-state index contributed by atoms with van der Waals surface area (Å²) in [5.41, 5.74) is 1.78. The normalized spacial score (nSPS) is 10.2. The Bertz CT molecular complexity index is 692. The molecule has 2 rings (SSSR count). The molecule has 0 aliphatic heterocycles. The standard InChI is InChI=1S/C16H16ClFN2O2/c1-10-3-6-15(22-2)14(7-10)19-9-16(21)20-13-8-11(17)4-5-12(13)18/h3-8,19H,9H2,1-2H3,(H,20,21). The van der Waals surface area contributed by atoms with Gasteiger partial charge in [0.2, 0.25) is 5.91 Å². The maximum absolute atomic E-state index is 13.6. The summed E-state index contributed by atoms with van der Waals surface area (Å²) >= 11 is 5.78. The zero-order valence-corrected chi connectivity index (χ0v) is 13.0. The van der Waals surface area contributed by atoms with Crippen LogP contribution in [-0.2, 0) is 4.79 Å². The number of rotatable bonds is 5. The number of aryl methyl sites for hydroxylation is 1. The van der Waals surface area contributed by atoms with Gasteiger partial charge in [-0.05, 0) is 42.8 Å². The summed E-state index contributed by atoms with van der Waals surface area (Å²) in [5.74, 6) is -0.289. The molecule has 2 aromatic rings. The molecule has 2 aromatic carbocycles. The SMILES string of the molecule is COc1ccc(C)cc1NCC(=O)Nc1cc(Cl)ccc1F. The molecule has 0 bridgehead atoms. The van der Waals surface area contributed by atoms with Crippen LogP contribution in [0.1, 0.15) is 5.56 Å². The number of hydrogen-bond donors (Lipinski definition) is 2. The van der Waals surface area contributed by atoms with Gasteiger partial charge in [0.05, 0.1) is 25.0 Å². The van der Waals surface area contributed by atoms with Crippen LogP contribution in [0.3, 0.4) is 0 Å². The molecule has 0 radical (unpaired) electrons. The molecule has 22 heavy (non-hydrogen) atoms. The zero-order chi connectivity index (χ0) is 16.1. The first kappa shape index (κ1) is 16.1. The fourth-order valence-electron chi connectivity index (χ4n) is 1.92. The number of nitrogens with one attached hydrogen (secondary N) is 2. The van der Waals surface area contributed by atoms with Crippen LogP contribution in [0, 0.1) is 12.7 Å². The summed E-state index contributed by atoms with van der Waals surface area (Å²) in [6.07, 6.45) is 0. The molecular formula is C16H16ClFN2O2. The van der Waals surface area contributed by atoms with Crippen molar-refractivity contribution in [3.63, 3.8) is 0 Å². The predicted molar refractivity (Wildman–Crippen MR) is 86.3 cm³/mol. The molecule has 0 saturated carbocycles. The van der Waals surface area contributed by atoms with Crippen LogP contribution in [0.25, 0.3) is 0 Å². The quantitative estimate of drug-likeness (QED) is 0.879. The number of anilines is 2. The Hall–Kier alpha value is -2.27. The number of amides is 1. The molecule has 6 heteroatoms. The summed E-state index contributed by atoms with van der Waals surface area (Å²) in [6, 6.07) is 9.57. The van der Waals surface area contributed by atoms with E-state index in [9.17, 15) is 9.18 Å². The second-order valence-electron chi connectivity index (χ2n) is 4.73. The van der Waals surface area contributed by atoms with Crippen molar-refractivity contribution in [2.45, 2.75) is 6.92 Å². The van der Waals surface area contributed by atoms with Crippen LogP contribution in [0.2, 0.25) is 5.02 Å². The fourth-order valence-corrected chi connectivity index (χ4v) is 2.10. The van der Waals surface area contributed by atoms with Crippen molar-refractivity contribution >= 4 is 28.9 Å². The first-order valence-corrected chi connectivity index (χ1v) is 7.01. The van der Waals surface area contributed by atoms with Gasteiger partial charge in [0.15, 0.2) is 0 Å². The van der Waals surface area contributed by atoms with Gasteiger partial charge in [0.25, 0.3) is 0 Å². The molecule has 4 nitrogen and oxygen atoms in total. The topological polar surface area (TPSA) is 50.4 Å². The van der Waals surface area contributed by atoms with Gasteiger partial charge in [-0.3, -0.25) is 4.79 Å². The summed E-state index contributed by atoms with van der Waals surface area (Å²) in [5, 5.41) is 5.79. The van der Waals surface area contributed by atoms with E-state index in [-0.39, 0.29) is 18.1 Å². The summed E-state index contributed by atoms with van der Waals surface area (Å²) in [6.45, 7) is 1.91. The molecule has 0 spiro atoms. The third kappa shape index (κ3) is 4.11. The van der Waals surface area contributed by atoms with Gasteiger partial charge in [0.1, 0.15) is 11.6 Å². The highest BCUT2D eigenvalue weighted by Crippen LogP contribution is 2.25. The first-order valence-electron chi connectivity index (χ1n) is 6.63. The molecule has 0 atom stereocenters. The van der Waals surface area contributed by atoms with Crippen molar-refractivity contribution in [2.24, 2.45) is 0 Å². The Balaban J connectivity index is 2.01. The van der Waals surface area contributed by atoms with E-state index in [1.807, 2.05) is 25.1 Å². The number of carbonyl (C=O) groups is 1. The summed E-state index contributed by atoms with van der Waals surface area (Å²) < 4.78 is 18.8. The molecule has 0 aliphatic rings. The second-order valence-corrected chi connectivity index (χ2v) is 5.17. The third-order valence-electron chi connectivity index (χ3n) is 3.00. The molecule has 1 amide bonds. The molecule has 0 saturated heterocycles. The Morgan fingerprint density at radius 3 is 2.73 bits per heavy atom. The highest BCUT2D eigenvalue weighted by atomic mass is 35.5. The van der Waals surface area contributed by atoms with Crippen LogP contribution in [0.15, 0.2) is 36.4 Å². The molecule has 116 valence electrons. The van der Waals surface area contributed by atoms with Crippen molar-refractivity contribution in [3.8, 4) is 5.75 Å². The van der Waals surface area contributed by atoms with Crippen LogP contribution in [0.4, 0.5) is 15.8 Å². The van der Waals surface area contributed by atoms with Gasteiger partial charge in [-0.2, -0.15) is 0 Å². The predicted octanol–water partition coefficient (Wildman–Crippen LogP) is 3.85. The molecular weight excluding hydrogens is 307 g/mol. The molecule has 2 N–H and O–H groups in total. The Morgan fingerprint density at radius 1 is 1.23 bits per heavy atom. The van der Waals surface area contributed by atoms with E-state index < -0.39 is 5.82 Å². The van der Waals surface area contributed by atoms with Crippen molar-refractivity contribution in [3.05, 3.63) is 52.8 Å². The second kappa shape index (κ2) is 7.13. The van der Waals surface area contributed by atoms with E-state index in [4.69, 9.17) is 16.3 Å². The summed E-state index contributed by atoms with van der Waals surface area (Å²) in [7, 11) is 1.55. The minimum Gasteiger partial charge on any atom is -0.495 e. The lowest BCUT2D eigenvalue weighted by Gasteiger charge is -2.12. The molecule has 0 heterocycles. The number of carbonyl (C=O) groups excluding carboxylic acids is 1. The van der Waals surface area contributed by atoms with E-state index in [0.29, 0.717) is 16.5 Å². The average molecular weight is 323 g/mol. The van der Waals surface area contributed by atoms with E-state index in [1.54, 1.807) is 7.11 Å². The van der Waals surface area contributed by atoms with Crippen LogP contribution in [-0.4, -0.2) is 19.6 Å². The van der Waals surface area contributed by atoms with Gasteiger partial charge in [0, 0.05) is 5.02 Å².